The lowest BCUT2D eigenvalue weighted by Gasteiger charge is -2.04. The molecule has 0 aliphatic heterocycles. The van der Waals surface area contributed by atoms with Crippen LogP contribution < -0.4 is 5.43 Å². The Morgan fingerprint density at radius 3 is 2.82 bits per heavy atom. The zero-order valence-electron chi connectivity index (χ0n) is 8.71. The summed E-state index contributed by atoms with van der Waals surface area (Å²) >= 11 is 5.83. The minimum absolute atomic E-state index is 0.0718. The van der Waals surface area contributed by atoms with Gasteiger partial charge in [0.15, 0.2) is 5.43 Å². The topological polar surface area (TPSA) is 59.2 Å². The number of ether oxygens (including phenoxy) is 1. The number of benzene rings is 1. The Morgan fingerprint density at radius 2 is 2.18 bits per heavy atom. The van der Waals surface area contributed by atoms with Crippen molar-refractivity contribution in [3.8, 4) is 0 Å². The predicted molar refractivity (Wildman–Crippen MR) is 60.9 cm³/mol. The number of pyridine rings is 1. The first-order chi connectivity index (χ1) is 8.04. The van der Waals surface area contributed by atoms with Crippen molar-refractivity contribution < 1.29 is 13.9 Å². The molecule has 0 amide bonds. The van der Waals surface area contributed by atoms with E-state index in [0.29, 0.717) is 0 Å². The molecule has 6 heteroatoms. The molecule has 4 nitrogen and oxygen atoms in total. The number of halogens is 2. The van der Waals surface area contributed by atoms with E-state index in [-0.39, 0.29) is 21.6 Å². The highest BCUT2D eigenvalue weighted by Crippen LogP contribution is 2.21. The summed E-state index contributed by atoms with van der Waals surface area (Å²) in [6.07, 6.45) is 0. The van der Waals surface area contributed by atoms with E-state index in [9.17, 15) is 14.0 Å². The third kappa shape index (κ3) is 1.89. The van der Waals surface area contributed by atoms with Crippen molar-refractivity contribution in [1.82, 2.24) is 4.98 Å². The Hall–Kier alpha value is -1.88. The monoisotopic (exact) mass is 255 g/mol. The first-order valence-corrected chi connectivity index (χ1v) is 5.01. The van der Waals surface area contributed by atoms with Crippen molar-refractivity contribution in [2.45, 2.75) is 0 Å². The molecule has 0 aliphatic rings. The Labute approximate surface area is 100.0 Å². The fourth-order valence-electron chi connectivity index (χ4n) is 1.51. The first kappa shape index (κ1) is 11.6. The van der Waals surface area contributed by atoms with E-state index >= 15 is 0 Å². The second kappa shape index (κ2) is 4.18. The summed E-state index contributed by atoms with van der Waals surface area (Å²) in [5.41, 5.74) is -0.615. The van der Waals surface area contributed by atoms with Gasteiger partial charge in [0.2, 0.25) is 0 Å². The Bertz CT molecular complexity index is 666. The van der Waals surface area contributed by atoms with E-state index in [0.717, 1.165) is 12.1 Å². The molecule has 1 aromatic carbocycles. The van der Waals surface area contributed by atoms with Crippen LogP contribution >= 0.6 is 11.6 Å². The number of carbonyl (C=O) groups excluding carboxylic acids is 1. The molecule has 1 aromatic heterocycles. The number of aromatic amines is 1. The average molecular weight is 256 g/mol. The van der Waals surface area contributed by atoms with Crippen LogP contribution in [0.15, 0.2) is 23.0 Å². The molecule has 0 bridgehead atoms. The van der Waals surface area contributed by atoms with Gasteiger partial charge in [-0.2, -0.15) is 0 Å². The highest BCUT2D eigenvalue weighted by Gasteiger charge is 2.14. The molecule has 2 aromatic rings. The van der Waals surface area contributed by atoms with Gasteiger partial charge in [-0.05, 0) is 12.1 Å². The molecule has 2 rings (SSSR count). The quantitative estimate of drug-likeness (QED) is 0.794. The summed E-state index contributed by atoms with van der Waals surface area (Å²) in [5.74, 6) is -1.41. The third-order valence-electron chi connectivity index (χ3n) is 2.29. The third-order valence-corrected chi connectivity index (χ3v) is 2.61. The first-order valence-electron chi connectivity index (χ1n) is 4.64. The summed E-state index contributed by atoms with van der Waals surface area (Å²) in [6.45, 7) is 0. The molecule has 0 fully saturated rings. The maximum atomic E-state index is 13.4. The molecule has 1 heterocycles. The maximum Gasteiger partial charge on any atom is 0.354 e. The summed E-state index contributed by atoms with van der Waals surface area (Å²) in [7, 11) is 1.18. The SMILES string of the molecule is COC(=O)c1cc(=O)c2c(F)ccc(Cl)c2[nH]1. The highest BCUT2D eigenvalue weighted by molar-refractivity contribution is 6.35. The zero-order chi connectivity index (χ0) is 12.6. The molecule has 0 saturated carbocycles. The smallest absolute Gasteiger partial charge is 0.354 e. The standard InChI is InChI=1S/C11H7ClFNO3/c1-17-11(16)7-4-8(15)9-6(13)3-2-5(12)10(9)14-7/h2-4H,1H3,(H,14,15). The van der Waals surface area contributed by atoms with E-state index < -0.39 is 17.2 Å². The zero-order valence-corrected chi connectivity index (χ0v) is 9.47. The fourth-order valence-corrected chi connectivity index (χ4v) is 1.71. The molecule has 0 aliphatic carbocycles. The van der Waals surface area contributed by atoms with Gasteiger partial charge in [0.05, 0.1) is 23.0 Å². The molecular formula is C11H7ClFNO3. The van der Waals surface area contributed by atoms with E-state index in [4.69, 9.17) is 11.6 Å². The molecule has 1 N–H and O–H groups in total. The van der Waals surface area contributed by atoms with Crippen molar-refractivity contribution in [3.63, 3.8) is 0 Å². The molecule has 88 valence electrons. The minimum Gasteiger partial charge on any atom is -0.464 e. The lowest BCUT2D eigenvalue weighted by atomic mass is 10.2. The number of carbonyl (C=O) groups is 1. The summed E-state index contributed by atoms with van der Waals surface area (Å²) in [4.78, 5) is 25.5. The van der Waals surface area contributed by atoms with Crippen molar-refractivity contribution in [1.29, 1.82) is 0 Å². The number of rotatable bonds is 1. The predicted octanol–water partition coefficient (Wildman–Crippen LogP) is 2.11. The van der Waals surface area contributed by atoms with Crippen LogP contribution in [0.3, 0.4) is 0 Å². The van der Waals surface area contributed by atoms with Crippen LogP contribution in [-0.2, 0) is 4.74 Å². The maximum absolute atomic E-state index is 13.4. The van der Waals surface area contributed by atoms with Crippen LogP contribution in [0.4, 0.5) is 4.39 Å². The van der Waals surface area contributed by atoms with Crippen molar-refractivity contribution in [3.05, 3.63) is 45.0 Å². The van der Waals surface area contributed by atoms with Crippen molar-refractivity contribution in [2.24, 2.45) is 0 Å². The number of methoxy groups -OCH3 is 1. The lowest BCUT2D eigenvalue weighted by molar-refractivity contribution is 0.0594. The fraction of sp³-hybridized carbons (Fsp3) is 0.0909. The van der Waals surface area contributed by atoms with Gasteiger partial charge < -0.3 is 9.72 Å². The van der Waals surface area contributed by atoms with Gasteiger partial charge in [0.1, 0.15) is 11.5 Å². The highest BCUT2D eigenvalue weighted by atomic mass is 35.5. The number of aromatic nitrogens is 1. The van der Waals surface area contributed by atoms with Crippen LogP contribution in [0.5, 0.6) is 0 Å². The van der Waals surface area contributed by atoms with Gasteiger partial charge in [-0.3, -0.25) is 4.79 Å². The van der Waals surface area contributed by atoms with Crippen LogP contribution in [0, 0.1) is 5.82 Å². The summed E-state index contributed by atoms with van der Waals surface area (Å²) in [5, 5.41) is -0.0191. The molecular weight excluding hydrogens is 249 g/mol. The Balaban J connectivity index is 2.87. The molecule has 0 spiro atoms. The second-order valence-corrected chi connectivity index (χ2v) is 3.73. The van der Waals surface area contributed by atoms with Gasteiger partial charge in [0, 0.05) is 6.07 Å². The summed E-state index contributed by atoms with van der Waals surface area (Å²) < 4.78 is 17.9. The Morgan fingerprint density at radius 1 is 1.47 bits per heavy atom. The normalized spacial score (nSPS) is 10.5. The lowest BCUT2D eigenvalue weighted by Crippen LogP contribution is -2.12. The number of H-pyrrole nitrogens is 1. The van der Waals surface area contributed by atoms with Gasteiger partial charge in [0.25, 0.3) is 0 Å². The van der Waals surface area contributed by atoms with E-state index in [1.807, 2.05) is 0 Å². The van der Waals surface area contributed by atoms with Crippen molar-refractivity contribution in [2.75, 3.05) is 7.11 Å². The number of esters is 1. The minimum atomic E-state index is -0.718. The molecule has 0 atom stereocenters. The van der Waals surface area contributed by atoms with Crippen molar-refractivity contribution >= 4 is 28.5 Å². The number of nitrogens with one attached hydrogen (secondary N) is 1. The van der Waals surface area contributed by atoms with Crippen LogP contribution in [0.25, 0.3) is 10.9 Å². The van der Waals surface area contributed by atoms with Crippen LogP contribution in [0.1, 0.15) is 10.5 Å². The number of fused-ring (bicyclic) bond motifs is 1. The van der Waals surface area contributed by atoms with E-state index in [2.05, 4.69) is 9.72 Å². The number of hydrogen-bond donors (Lipinski definition) is 1. The second-order valence-electron chi connectivity index (χ2n) is 3.32. The van der Waals surface area contributed by atoms with Gasteiger partial charge in [-0.15, -0.1) is 0 Å². The van der Waals surface area contributed by atoms with Gasteiger partial charge in [-0.25, -0.2) is 9.18 Å². The van der Waals surface area contributed by atoms with Gasteiger partial charge in [-0.1, -0.05) is 11.6 Å². The van der Waals surface area contributed by atoms with Gasteiger partial charge >= 0.3 is 5.97 Å². The largest absolute Gasteiger partial charge is 0.464 e. The van der Waals surface area contributed by atoms with Crippen LogP contribution in [-0.4, -0.2) is 18.1 Å². The van der Waals surface area contributed by atoms with E-state index in [1.165, 1.54) is 13.2 Å². The average Bonchev–Trinajstić information content (AvgIpc) is 2.32. The molecule has 0 radical (unpaired) electrons. The molecule has 17 heavy (non-hydrogen) atoms. The molecule has 0 saturated heterocycles. The molecule has 0 unspecified atom stereocenters. The van der Waals surface area contributed by atoms with E-state index in [1.54, 1.807) is 0 Å². The van der Waals surface area contributed by atoms with Crippen LogP contribution in [0.2, 0.25) is 5.02 Å². The number of hydrogen-bond acceptors (Lipinski definition) is 3. The Kier molecular flexibility index (Phi) is 2.85. The summed E-state index contributed by atoms with van der Waals surface area (Å²) in [6, 6.07) is 3.38.